The second kappa shape index (κ2) is 14.0. The molecule has 0 saturated carbocycles. The van der Waals surface area contributed by atoms with E-state index in [1.54, 1.807) is 10.4 Å². The Balaban J connectivity index is 0.00000194. The summed E-state index contributed by atoms with van der Waals surface area (Å²) in [7, 11) is -1.99. The Morgan fingerprint density at radius 3 is 0.976 bits per heavy atom. The van der Waals surface area contributed by atoms with Crippen molar-refractivity contribution in [2.24, 2.45) is 0 Å². The first-order valence-corrected chi connectivity index (χ1v) is 17.1. The maximum atomic E-state index is 2.60. The summed E-state index contributed by atoms with van der Waals surface area (Å²) < 4.78 is 0. The normalized spacial score (nSPS) is 14.1. The zero-order valence-electron chi connectivity index (χ0n) is 22.9. The van der Waals surface area contributed by atoms with E-state index >= 15 is 0 Å². The summed E-state index contributed by atoms with van der Waals surface area (Å²) in [5.74, 6) is 0. The fourth-order valence-corrected chi connectivity index (χ4v) is 10.2. The van der Waals surface area contributed by atoms with Crippen LogP contribution in [0.2, 0.25) is 13.1 Å². The van der Waals surface area contributed by atoms with Crippen LogP contribution < -0.4 is 21.9 Å². The van der Waals surface area contributed by atoms with Crippen LogP contribution in [0.25, 0.3) is 0 Å². The predicted molar refractivity (Wildman–Crippen MR) is 189 cm³/mol. The van der Waals surface area contributed by atoms with E-state index in [-0.39, 0.29) is 51.1 Å². The zero-order chi connectivity index (χ0) is 26.7. The molecular weight excluding hydrogens is 496 g/mol. The molecule has 6 rings (SSSR count). The summed E-state index contributed by atoms with van der Waals surface area (Å²) in [5, 5.41) is 3.35. The fourth-order valence-electron chi connectivity index (χ4n) is 6.68. The molecule has 4 aromatic rings. The molecular formula is C36H36B2Li2Si. The van der Waals surface area contributed by atoms with Gasteiger partial charge in [0.05, 0.1) is 0 Å². The Kier molecular flexibility index (Phi) is 10.7. The molecule has 0 radical (unpaired) electrons. The maximum absolute atomic E-state index is 2.60. The van der Waals surface area contributed by atoms with Gasteiger partial charge >= 0.3 is 37.7 Å². The van der Waals surface area contributed by atoms with Crippen molar-refractivity contribution in [3.05, 3.63) is 167 Å². The van der Waals surface area contributed by atoms with Gasteiger partial charge in [-0.3, -0.25) is 0 Å². The predicted octanol–water partition coefficient (Wildman–Crippen LogP) is 4.69. The Hall–Kier alpha value is -2.62. The van der Waals surface area contributed by atoms with Crippen LogP contribution in [0.15, 0.2) is 167 Å². The summed E-state index contributed by atoms with van der Waals surface area (Å²) in [6.07, 6.45) is 11.8. The summed E-state index contributed by atoms with van der Waals surface area (Å²) in [6.45, 7) is 5.70. The van der Waals surface area contributed by atoms with Gasteiger partial charge in [-0.25, -0.2) is 0 Å². The summed E-state index contributed by atoms with van der Waals surface area (Å²) in [6, 6.07) is 44.3. The van der Waals surface area contributed by atoms with E-state index in [1.165, 1.54) is 32.8 Å². The van der Waals surface area contributed by atoms with Crippen molar-refractivity contribution in [3.8, 4) is 0 Å². The Bertz CT molecular complexity index is 1360. The van der Waals surface area contributed by atoms with Gasteiger partial charge in [0.1, 0.15) is 8.07 Å². The van der Waals surface area contributed by atoms with Gasteiger partial charge in [0.2, 0.25) is 13.4 Å². The topological polar surface area (TPSA) is 0 Å². The second-order valence-electron chi connectivity index (χ2n) is 11.2. The number of hydrogen-bond acceptors (Lipinski definition) is 0. The van der Waals surface area contributed by atoms with Crippen molar-refractivity contribution in [3.63, 3.8) is 0 Å². The number of allylic oxidation sites excluding steroid dienone is 8. The van der Waals surface area contributed by atoms with E-state index in [0.29, 0.717) is 0 Å². The SMILES string of the molecule is C[Si](C)(C1=C(B(c2ccccc2)c2ccccc2)C=CC1)C1=C(B(c2ccccc2)c2ccccc2)C=CC1.[LiH].[LiH]. The van der Waals surface area contributed by atoms with E-state index in [1.807, 2.05) is 0 Å². The Morgan fingerprint density at radius 1 is 0.439 bits per heavy atom. The molecule has 0 heterocycles. The van der Waals surface area contributed by atoms with E-state index in [0.717, 1.165) is 12.8 Å². The van der Waals surface area contributed by atoms with E-state index in [2.05, 4.69) is 159 Å². The molecule has 0 nitrogen and oxygen atoms in total. The molecule has 4 aromatic carbocycles. The van der Waals surface area contributed by atoms with E-state index in [4.69, 9.17) is 0 Å². The first-order valence-electron chi connectivity index (χ1n) is 14.1. The van der Waals surface area contributed by atoms with Crippen molar-refractivity contribution < 1.29 is 0 Å². The molecule has 0 unspecified atom stereocenters. The van der Waals surface area contributed by atoms with Crippen molar-refractivity contribution in [2.75, 3.05) is 0 Å². The van der Waals surface area contributed by atoms with E-state index in [9.17, 15) is 0 Å². The van der Waals surface area contributed by atoms with E-state index < -0.39 is 8.07 Å². The first kappa shape index (κ1) is 31.3. The molecule has 0 N–H and O–H groups in total. The van der Waals surface area contributed by atoms with Gasteiger partial charge < -0.3 is 0 Å². The Morgan fingerprint density at radius 2 is 0.707 bits per heavy atom. The Labute approximate surface area is 272 Å². The number of hydrogen-bond donors (Lipinski definition) is 0. The summed E-state index contributed by atoms with van der Waals surface area (Å²) in [4.78, 5) is 0. The molecule has 2 aliphatic carbocycles. The monoisotopic (exact) mass is 532 g/mol. The van der Waals surface area contributed by atoms with Gasteiger partial charge in [-0.15, -0.1) is 0 Å². The molecule has 0 spiro atoms. The minimum absolute atomic E-state index is 0. The molecule has 0 saturated heterocycles. The van der Waals surface area contributed by atoms with Crippen LogP contribution in [-0.4, -0.2) is 59.2 Å². The molecule has 0 fully saturated rings. The molecule has 0 atom stereocenters. The third kappa shape index (κ3) is 6.42. The molecule has 0 aromatic heterocycles. The van der Waals surface area contributed by atoms with Crippen molar-refractivity contribution in [1.29, 1.82) is 0 Å². The van der Waals surface area contributed by atoms with Crippen molar-refractivity contribution in [2.45, 2.75) is 25.9 Å². The standard InChI is InChI=1S/C36H34B2Si.2Li.2H/c1-39(2,35-27-15-25-33(35)37(29-17-7-3-8-18-29)30-19-9-4-10-20-30)36-28-16-26-34(36)38(31-21-11-5-12-22-31)32-23-13-6-14-24-32;;;;/h3-26H,27-28H2,1-2H3;;;;. The minimum atomic E-state index is -1.99. The first-order chi connectivity index (χ1) is 19.1. The average molecular weight is 532 g/mol. The van der Waals surface area contributed by atoms with Gasteiger partial charge in [0.15, 0.2) is 0 Å². The third-order valence-electron chi connectivity index (χ3n) is 8.60. The van der Waals surface area contributed by atoms with Crippen LogP contribution in [0.5, 0.6) is 0 Å². The molecule has 5 heteroatoms. The van der Waals surface area contributed by atoms with Crippen molar-refractivity contribution >= 4 is 81.1 Å². The fraction of sp³-hybridized carbons (Fsp3) is 0.111. The van der Waals surface area contributed by atoms with Gasteiger partial charge in [-0.2, -0.15) is 0 Å². The molecule has 192 valence electrons. The van der Waals surface area contributed by atoms with Gasteiger partial charge in [-0.05, 0) is 12.8 Å². The number of benzene rings is 4. The van der Waals surface area contributed by atoms with Gasteiger partial charge in [0.25, 0.3) is 0 Å². The van der Waals surface area contributed by atoms with Crippen LogP contribution in [0, 0.1) is 0 Å². The molecule has 2 aliphatic rings. The van der Waals surface area contributed by atoms with Crippen LogP contribution in [0.1, 0.15) is 12.8 Å². The van der Waals surface area contributed by atoms with Crippen LogP contribution in [0.3, 0.4) is 0 Å². The third-order valence-corrected chi connectivity index (χ3v) is 12.6. The van der Waals surface area contributed by atoms with Crippen molar-refractivity contribution in [1.82, 2.24) is 0 Å². The molecule has 0 aliphatic heterocycles. The van der Waals surface area contributed by atoms with Crippen LogP contribution >= 0.6 is 0 Å². The molecule has 0 amide bonds. The quantitative estimate of drug-likeness (QED) is 0.289. The van der Waals surface area contributed by atoms with Crippen LogP contribution in [-0.2, 0) is 0 Å². The van der Waals surface area contributed by atoms with Gasteiger partial charge in [-0.1, -0.05) is 202 Å². The van der Waals surface area contributed by atoms with Crippen LogP contribution in [0.4, 0.5) is 0 Å². The average Bonchev–Trinajstić information content (AvgIpc) is 3.67. The molecule has 41 heavy (non-hydrogen) atoms. The zero-order valence-corrected chi connectivity index (χ0v) is 23.9. The molecule has 0 bridgehead atoms. The number of rotatable bonds is 8. The summed E-state index contributed by atoms with van der Waals surface area (Å²) in [5.41, 5.74) is 8.52. The summed E-state index contributed by atoms with van der Waals surface area (Å²) >= 11 is 0. The van der Waals surface area contributed by atoms with Gasteiger partial charge in [0, 0.05) is 0 Å². The second-order valence-corrected chi connectivity index (χ2v) is 15.7.